The summed E-state index contributed by atoms with van der Waals surface area (Å²) < 4.78 is 1.90. The fraction of sp³-hybridized carbons (Fsp3) is 0.524. The van der Waals surface area contributed by atoms with Crippen molar-refractivity contribution < 1.29 is 4.79 Å². The molecule has 0 unspecified atom stereocenters. The third-order valence-corrected chi connectivity index (χ3v) is 5.62. The molecular weight excluding hydrogens is 310 g/mol. The summed E-state index contributed by atoms with van der Waals surface area (Å²) in [5.74, 6) is 0.820. The Hall–Kier alpha value is -2.10. The summed E-state index contributed by atoms with van der Waals surface area (Å²) in [5, 5.41) is 7.67. The van der Waals surface area contributed by atoms with Crippen molar-refractivity contribution in [1.29, 1.82) is 0 Å². The molecule has 1 aliphatic carbocycles. The van der Waals surface area contributed by atoms with Crippen molar-refractivity contribution in [2.75, 3.05) is 0 Å². The maximum absolute atomic E-state index is 12.3. The number of hydrogen-bond donors (Lipinski definition) is 1. The van der Waals surface area contributed by atoms with E-state index in [-0.39, 0.29) is 5.91 Å². The second kappa shape index (κ2) is 7.85. The minimum atomic E-state index is 0.172. The summed E-state index contributed by atoms with van der Waals surface area (Å²) in [4.78, 5) is 12.3. The van der Waals surface area contributed by atoms with Crippen LogP contribution in [0, 0.1) is 13.8 Å². The molecule has 1 fully saturated rings. The van der Waals surface area contributed by atoms with Crippen LogP contribution < -0.4 is 5.32 Å². The summed E-state index contributed by atoms with van der Waals surface area (Å²) >= 11 is 0. The van der Waals surface area contributed by atoms with Gasteiger partial charge < -0.3 is 5.32 Å². The molecule has 0 bridgehead atoms. The van der Waals surface area contributed by atoms with Crippen LogP contribution in [0.2, 0.25) is 0 Å². The number of carbonyl (C=O) groups excluding carboxylic acids is 1. The van der Waals surface area contributed by atoms with Crippen molar-refractivity contribution in [2.45, 2.75) is 64.3 Å². The molecule has 25 heavy (non-hydrogen) atoms. The molecule has 0 aliphatic heterocycles. The highest BCUT2D eigenvalue weighted by molar-refractivity contribution is 5.76. The Morgan fingerprint density at radius 3 is 2.44 bits per heavy atom. The molecule has 1 aromatic heterocycles. The van der Waals surface area contributed by atoms with Gasteiger partial charge in [-0.25, -0.2) is 0 Å². The maximum Gasteiger partial charge on any atom is 0.220 e. The highest BCUT2D eigenvalue weighted by Crippen LogP contribution is 2.32. The number of amides is 1. The highest BCUT2D eigenvalue weighted by atomic mass is 16.1. The number of carbonyl (C=O) groups is 1. The van der Waals surface area contributed by atoms with Crippen LogP contribution in [0.15, 0.2) is 30.3 Å². The van der Waals surface area contributed by atoms with Crippen LogP contribution >= 0.6 is 0 Å². The summed E-state index contributed by atoms with van der Waals surface area (Å²) in [6, 6.07) is 11.1. The van der Waals surface area contributed by atoms with Crippen LogP contribution in [0.4, 0.5) is 0 Å². The third kappa shape index (κ3) is 4.30. The molecule has 1 saturated carbocycles. The standard InChI is InChI=1S/C21H29N3O/c1-15-20(16(2)24(3)23-15)13-14-21(25)22-19-11-9-18(10-12-19)17-7-5-4-6-8-17/h4-8,18-19H,9-14H2,1-3H3,(H,22,25). The number of aryl methyl sites for hydroxylation is 2. The van der Waals surface area contributed by atoms with E-state index in [1.807, 2.05) is 18.7 Å². The third-order valence-electron chi connectivity index (χ3n) is 5.62. The molecule has 0 saturated heterocycles. The van der Waals surface area contributed by atoms with Crippen molar-refractivity contribution in [3.05, 3.63) is 52.8 Å². The van der Waals surface area contributed by atoms with E-state index in [0.29, 0.717) is 18.4 Å². The zero-order valence-electron chi connectivity index (χ0n) is 15.6. The lowest BCUT2D eigenvalue weighted by molar-refractivity contribution is -0.122. The Morgan fingerprint density at radius 2 is 1.84 bits per heavy atom. The Labute approximate surface area is 150 Å². The minimum Gasteiger partial charge on any atom is -0.353 e. The maximum atomic E-state index is 12.3. The number of aromatic nitrogens is 2. The van der Waals surface area contributed by atoms with Gasteiger partial charge in [-0.2, -0.15) is 5.10 Å². The molecule has 2 aromatic rings. The average Bonchev–Trinajstić information content (AvgIpc) is 2.86. The lowest BCUT2D eigenvalue weighted by Gasteiger charge is -2.29. The highest BCUT2D eigenvalue weighted by Gasteiger charge is 2.23. The monoisotopic (exact) mass is 339 g/mol. The topological polar surface area (TPSA) is 46.9 Å². The molecule has 1 N–H and O–H groups in total. The van der Waals surface area contributed by atoms with Gasteiger partial charge in [0, 0.05) is 25.2 Å². The van der Waals surface area contributed by atoms with Crippen molar-refractivity contribution in [2.24, 2.45) is 7.05 Å². The van der Waals surface area contributed by atoms with Gasteiger partial charge in [0.05, 0.1) is 5.69 Å². The van der Waals surface area contributed by atoms with E-state index in [0.717, 1.165) is 43.5 Å². The lowest BCUT2D eigenvalue weighted by atomic mass is 9.82. The smallest absolute Gasteiger partial charge is 0.220 e. The van der Waals surface area contributed by atoms with Gasteiger partial charge in [0.15, 0.2) is 0 Å². The Balaban J connectivity index is 1.45. The zero-order valence-corrected chi connectivity index (χ0v) is 15.6. The first kappa shape index (κ1) is 17.7. The fourth-order valence-electron chi connectivity index (χ4n) is 4.01. The molecule has 1 aromatic carbocycles. The fourth-order valence-corrected chi connectivity index (χ4v) is 4.01. The first-order valence-electron chi connectivity index (χ1n) is 9.38. The van der Waals surface area contributed by atoms with Crippen molar-refractivity contribution in [3.8, 4) is 0 Å². The van der Waals surface area contributed by atoms with Crippen LogP contribution in [0.1, 0.15) is 60.5 Å². The molecule has 3 rings (SSSR count). The average molecular weight is 339 g/mol. The molecule has 134 valence electrons. The normalized spacial score (nSPS) is 20.4. The van der Waals surface area contributed by atoms with Crippen molar-refractivity contribution >= 4 is 5.91 Å². The van der Waals surface area contributed by atoms with E-state index in [1.54, 1.807) is 0 Å². The Bertz CT molecular complexity index is 712. The lowest BCUT2D eigenvalue weighted by Crippen LogP contribution is -2.37. The second-order valence-electron chi connectivity index (χ2n) is 7.30. The van der Waals surface area contributed by atoms with Gasteiger partial charge in [-0.1, -0.05) is 30.3 Å². The molecule has 0 radical (unpaired) electrons. The van der Waals surface area contributed by atoms with Gasteiger partial charge in [0.1, 0.15) is 0 Å². The Kier molecular flexibility index (Phi) is 5.57. The van der Waals surface area contributed by atoms with Gasteiger partial charge >= 0.3 is 0 Å². The molecule has 0 atom stereocenters. The van der Waals surface area contributed by atoms with E-state index >= 15 is 0 Å². The number of benzene rings is 1. The van der Waals surface area contributed by atoms with Crippen LogP contribution in [0.25, 0.3) is 0 Å². The molecule has 1 amide bonds. The first-order chi connectivity index (χ1) is 12.0. The van der Waals surface area contributed by atoms with Gasteiger partial charge in [-0.05, 0) is 63.0 Å². The van der Waals surface area contributed by atoms with Gasteiger partial charge in [0.2, 0.25) is 5.91 Å². The van der Waals surface area contributed by atoms with Gasteiger partial charge in [0.25, 0.3) is 0 Å². The number of hydrogen-bond acceptors (Lipinski definition) is 2. The van der Waals surface area contributed by atoms with Crippen LogP contribution in [0.3, 0.4) is 0 Å². The number of nitrogens with zero attached hydrogens (tertiary/aromatic N) is 2. The van der Waals surface area contributed by atoms with E-state index in [9.17, 15) is 4.79 Å². The number of nitrogens with one attached hydrogen (secondary N) is 1. The zero-order chi connectivity index (χ0) is 17.8. The van der Waals surface area contributed by atoms with E-state index in [1.165, 1.54) is 11.1 Å². The molecule has 0 spiro atoms. The van der Waals surface area contributed by atoms with Gasteiger partial charge in [-0.3, -0.25) is 9.48 Å². The van der Waals surface area contributed by atoms with E-state index in [4.69, 9.17) is 0 Å². The molecule has 4 heteroatoms. The van der Waals surface area contributed by atoms with Crippen LogP contribution in [-0.2, 0) is 18.3 Å². The summed E-state index contributed by atoms with van der Waals surface area (Å²) in [6.45, 7) is 4.09. The van der Waals surface area contributed by atoms with E-state index in [2.05, 4.69) is 47.7 Å². The quantitative estimate of drug-likeness (QED) is 0.900. The molecular formula is C21H29N3O. The summed E-state index contributed by atoms with van der Waals surface area (Å²) in [6.07, 6.45) is 5.81. The minimum absolute atomic E-state index is 0.172. The van der Waals surface area contributed by atoms with Crippen LogP contribution in [0.5, 0.6) is 0 Å². The Morgan fingerprint density at radius 1 is 1.16 bits per heavy atom. The predicted molar refractivity (Wildman–Crippen MR) is 101 cm³/mol. The summed E-state index contributed by atoms with van der Waals surface area (Å²) in [7, 11) is 1.96. The molecule has 4 nitrogen and oxygen atoms in total. The molecule has 1 aliphatic rings. The van der Waals surface area contributed by atoms with Crippen molar-refractivity contribution in [1.82, 2.24) is 15.1 Å². The first-order valence-corrected chi connectivity index (χ1v) is 9.38. The largest absolute Gasteiger partial charge is 0.353 e. The van der Waals surface area contributed by atoms with Gasteiger partial charge in [-0.15, -0.1) is 0 Å². The number of rotatable bonds is 5. The second-order valence-corrected chi connectivity index (χ2v) is 7.30. The van der Waals surface area contributed by atoms with Crippen LogP contribution in [-0.4, -0.2) is 21.7 Å². The van der Waals surface area contributed by atoms with Crippen molar-refractivity contribution in [3.63, 3.8) is 0 Å². The SMILES string of the molecule is Cc1nn(C)c(C)c1CCC(=O)NC1CCC(c2ccccc2)CC1. The predicted octanol–water partition coefficient (Wildman–Crippen LogP) is 3.81. The molecule has 1 heterocycles. The van der Waals surface area contributed by atoms with E-state index < -0.39 is 0 Å². The summed E-state index contributed by atoms with van der Waals surface area (Å²) in [5.41, 5.74) is 4.85.